The first-order chi connectivity index (χ1) is 2.89. The fourth-order valence-electron chi connectivity index (χ4n) is 0.234. The van der Waals surface area contributed by atoms with Crippen molar-refractivity contribution in [2.75, 3.05) is 5.75 Å². The highest BCUT2D eigenvalue weighted by Gasteiger charge is 2.01. The second-order valence-electron chi connectivity index (χ2n) is 0.974. The molecule has 4 heteroatoms. The lowest BCUT2D eigenvalue weighted by molar-refractivity contribution is -0.110. The molecule has 2 nitrogen and oxygen atoms in total. The lowest BCUT2D eigenvalue weighted by Crippen LogP contribution is -1.93. The van der Waals surface area contributed by atoms with Gasteiger partial charge in [0.1, 0.15) is 0 Å². The summed E-state index contributed by atoms with van der Waals surface area (Å²) in [6.45, 7) is 0. The fourth-order valence-corrected chi connectivity index (χ4v) is 0.703. The van der Waals surface area contributed by atoms with Crippen LogP contribution in [0.4, 0.5) is 0 Å². The van der Waals surface area contributed by atoms with Crippen molar-refractivity contribution in [1.82, 2.24) is 0 Å². The minimum Gasteiger partial charge on any atom is -0.292 e. The summed E-state index contributed by atoms with van der Waals surface area (Å²) in [6, 6.07) is 0. The van der Waals surface area contributed by atoms with Gasteiger partial charge in [-0.2, -0.15) is 0 Å². The first-order valence-electron chi connectivity index (χ1n) is 1.58. The Balaban J connectivity index is 0.000000360. The SMILES string of the molecule is I.O=C1C=NSC1. The van der Waals surface area contributed by atoms with Crippen molar-refractivity contribution in [1.29, 1.82) is 0 Å². The normalized spacial score (nSPS) is 16.9. The van der Waals surface area contributed by atoms with Crippen molar-refractivity contribution in [3.8, 4) is 0 Å². The Labute approximate surface area is 62.9 Å². The highest BCUT2D eigenvalue weighted by Crippen LogP contribution is 2.05. The number of ketones is 1. The average Bonchev–Trinajstić information content (AvgIpc) is 1.86. The number of nitrogens with zero attached hydrogens (tertiary/aromatic N) is 1. The number of Topliss-reactive ketones (excluding diaryl/α,β-unsaturated/α-hetero) is 1. The number of hydrogen-bond acceptors (Lipinski definition) is 3. The third-order valence-corrected chi connectivity index (χ3v) is 1.15. The molecule has 0 aromatic carbocycles. The van der Waals surface area contributed by atoms with E-state index in [0.717, 1.165) is 0 Å². The molecule has 0 aromatic heterocycles. The average molecular weight is 229 g/mol. The van der Waals surface area contributed by atoms with Gasteiger partial charge in [-0.05, 0) is 11.9 Å². The van der Waals surface area contributed by atoms with Crippen molar-refractivity contribution < 1.29 is 4.79 Å². The molecule has 7 heavy (non-hydrogen) atoms. The topological polar surface area (TPSA) is 29.4 Å². The molecule has 1 heterocycles. The zero-order chi connectivity index (χ0) is 4.41. The summed E-state index contributed by atoms with van der Waals surface area (Å²) in [5.74, 6) is 0.667. The van der Waals surface area contributed by atoms with E-state index < -0.39 is 0 Å². The lowest BCUT2D eigenvalue weighted by atomic mass is 10.5. The molecule has 0 bridgehead atoms. The highest BCUT2D eigenvalue weighted by molar-refractivity contribution is 14.0. The molecule has 0 aliphatic carbocycles. The van der Waals surface area contributed by atoms with E-state index in [0.29, 0.717) is 5.75 Å². The summed E-state index contributed by atoms with van der Waals surface area (Å²) >= 11 is 1.30. The molecule has 0 radical (unpaired) electrons. The van der Waals surface area contributed by atoms with E-state index in [-0.39, 0.29) is 29.8 Å². The van der Waals surface area contributed by atoms with E-state index >= 15 is 0 Å². The van der Waals surface area contributed by atoms with Gasteiger partial charge in [-0.25, -0.2) is 4.40 Å². The standard InChI is InChI=1S/C3H3NOS.HI/c5-3-1-4-6-2-3;/h1H,2H2;1H. The van der Waals surface area contributed by atoms with Crippen LogP contribution in [0.1, 0.15) is 0 Å². The fraction of sp³-hybridized carbons (Fsp3) is 0.333. The van der Waals surface area contributed by atoms with E-state index in [2.05, 4.69) is 4.40 Å². The Kier molecular flexibility index (Phi) is 3.63. The first kappa shape index (κ1) is 7.42. The Morgan fingerprint density at radius 1 is 1.86 bits per heavy atom. The van der Waals surface area contributed by atoms with Gasteiger partial charge in [0.05, 0.1) is 12.0 Å². The van der Waals surface area contributed by atoms with Crippen molar-refractivity contribution in [2.45, 2.75) is 0 Å². The summed E-state index contributed by atoms with van der Waals surface area (Å²) in [5, 5.41) is 0. The molecule has 1 aliphatic rings. The molecular formula is C3H4INOS. The van der Waals surface area contributed by atoms with Gasteiger partial charge in [0.15, 0.2) is 5.78 Å². The molecule has 0 unspecified atom stereocenters. The number of rotatable bonds is 0. The maximum atomic E-state index is 10.1. The van der Waals surface area contributed by atoms with E-state index in [9.17, 15) is 4.79 Å². The zero-order valence-corrected chi connectivity index (χ0v) is 6.60. The van der Waals surface area contributed by atoms with Crippen molar-refractivity contribution in [3.63, 3.8) is 0 Å². The van der Waals surface area contributed by atoms with Gasteiger partial charge >= 0.3 is 0 Å². The van der Waals surface area contributed by atoms with Crippen LogP contribution >= 0.6 is 35.9 Å². The van der Waals surface area contributed by atoms with Crippen molar-refractivity contribution in [3.05, 3.63) is 0 Å². The highest BCUT2D eigenvalue weighted by atomic mass is 127. The van der Waals surface area contributed by atoms with Gasteiger partial charge in [0.2, 0.25) is 0 Å². The Bertz CT molecular complexity index is 103. The summed E-state index contributed by atoms with van der Waals surface area (Å²) in [7, 11) is 0. The van der Waals surface area contributed by atoms with Crippen LogP contribution in [0.5, 0.6) is 0 Å². The predicted octanol–water partition coefficient (Wildman–Crippen LogP) is 0.906. The van der Waals surface area contributed by atoms with Crippen molar-refractivity contribution in [2.24, 2.45) is 4.40 Å². The number of hydrogen-bond donors (Lipinski definition) is 0. The van der Waals surface area contributed by atoms with Crippen LogP contribution in [0.3, 0.4) is 0 Å². The van der Waals surface area contributed by atoms with E-state index in [1.807, 2.05) is 0 Å². The molecule has 1 aliphatic heterocycles. The Morgan fingerprint density at radius 3 is 2.71 bits per heavy atom. The summed E-state index contributed by atoms with van der Waals surface area (Å²) in [6.07, 6.45) is 1.35. The lowest BCUT2D eigenvalue weighted by Gasteiger charge is -1.67. The third kappa shape index (κ3) is 2.28. The van der Waals surface area contributed by atoms with E-state index in [1.54, 1.807) is 0 Å². The first-order valence-corrected chi connectivity index (χ1v) is 2.52. The molecule has 0 amide bonds. The maximum absolute atomic E-state index is 10.1. The molecule has 0 N–H and O–H groups in total. The van der Waals surface area contributed by atoms with Crippen LogP contribution < -0.4 is 0 Å². The summed E-state index contributed by atoms with van der Waals surface area (Å²) in [5.41, 5.74) is 0. The predicted molar refractivity (Wildman–Crippen MR) is 41.4 cm³/mol. The molecule has 0 saturated heterocycles. The van der Waals surface area contributed by atoms with Gasteiger partial charge in [-0.15, -0.1) is 24.0 Å². The maximum Gasteiger partial charge on any atom is 0.186 e. The summed E-state index contributed by atoms with van der Waals surface area (Å²) < 4.78 is 3.61. The largest absolute Gasteiger partial charge is 0.292 e. The number of halogens is 1. The Morgan fingerprint density at radius 2 is 2.57 bits per heavy atom. The number of carbonyl (C=O) groups is 1. The molecule has 0 atom stereocenters. The van der Waals surface area contributed by atoms with Gasteiger partial charge in [0, 0.05) is 0 Å². The number of carbonyl (C=O) groups excluding carboxylic acids is 1. The van der Waals surface area contributed by atoms with Crippen LogP contribution in [0, 0.1) is 0 Å². The molecular weight excluding hydrogens is 225 g/mol. The monoisotopic (exact) mass is 229 g/mol. The second kappa shape index (κ2) is 3.43. The van der Waals surface area contributed by atoms with Gasteiger partial charge < -0.3 is 0 Å². The smallest absolute Gasteiger partial charge is 0.186 e. The van der Waals surface area contributed by atoms with Gasteiger partial charge in [-0.1, -0.05) is 0 Å². The third-order valence-electron chi connectivity index (χ3n) is 0.478. The molecule has 0 spiro atoms. The quantitative estimate of drug-likeness (QED) is 0.456. The molecule has 0 aromatic rings. The summed E-state index contributed by atoms with van der Waals surface area (Å²) in [4.78, 5) is 10.1. The molecule has 1 rings (SSSR count). The minimum atomic E-state index is 0. The van der Waals surface area contributed by atoms with E-state index in [4.69, 9.17) is 0 Å². The molecule has 40 valence electrons. The minimum absolute atomic E-state index is 0. The Hall–Kier alpha value is 0.420. The van der Waals surface area contributed by atoms with Crippen molar-refractivity contribution >= 4 is 47.9 Å². The van der Waals surface area contributed by atoms with Gasteiger partial charge in [0.25, 0.3) is 0 Å². The second-order valence-corrected chi connectivity index (χ2v) is 1.73. The van der Waals surface area contributed by atoms with Crippen LogP contribution in [0.25, 0.3) is 0 Å². The van der Waals surface area contributed by atoms with E-state index in [1.165, 1.54) is 18.2 Å². The molecule has 0 saturated carbocycles. The van der Waals surface area contributed by atoms with Crippen LogP contribution in [-0.2, 0) is 4.79 Å². The van der Waals surface area contributed by atoms with Crippen LogP contribution in [0.15, 0.2) is 4.40 Å². The molecule has 0 fully saturated rings. The van der Waals surface area contributed by atoms with Gasteiger partial charge in [-0.3, -0.25) is 4.79 Å². The van der Waals surface area contributed by atoms with Crippen LogP contribution in [0.2, 0.25) is 0 Å². The zero-order valence-electron chi connectivity index (χ0n) is 3.46. The van der Waals surface area contributed by atoms with Crippen LogP contribution in [-0.4, -0.2) is 17.8 Å².